The van der Waals surface area contributed by atoms with Crippen molar-refractivity contribution in [2.24, 2.45) is 5.73 Å². The highest BCUT2D eigenvalue weighted by Crippen LogP contribution is 2.31. The quantitative estimate of drug-likeness (QED) is 0.860. The van der Waals surface area contributed by atoms with Crippen LogP contribution >= 0.6 is 12.4 Å². The molecule has 0 saturated heterocycles. The number of sulfonamides is 1. The Kier molecular flexibility index (Phi) is 5.59. The predicted molar refractivity (Wildman–Crippen MR) is 75.1 cm³/mol. The fraction of sp³-hybridized carbons (Fsp3) is 0.500. The van der Waals surface area contributed by atoms with Crippen LogP contribution in [-0.2, 0) is 16.6 Å². The van der Waals surface area contributed by atoms with Crippen molar-refractivity contribution in [3.8, 4) is 0 Å². The van der Waals surface area contributed by atoms with Crippen molar-refractivity contribution >= 4 is 22.4 Å². The summed E-state index contributed by atoms with van der Waals surface area (Å²) < 4.78 is 25.8. The van der Waals surface area contributed by atoms with Crippen LogP contribution in [0.25, 0.3) is 0 Å². The molecule has 0 spiro atoms. The van der Waals surface area contributed by atoms with E-state index in [9.17, 15) is 8.42 Å². The molecule has 2 N–H and O–H groups in total. The zero-order valence-corrected chi connectivity index (χ0v) is 11.8. The first kappa shape index (κ1) is 15.4. The van der Waals surface area contributed by atoms with E-state index in [0.29, 0.717) is 19.6 Å². The molecule has 0 unspecified atom stereocenters. The highest BCUT2D eigenvalue weighted by molar-refractivity contribution is 7.90. The summed E-state index contributed by atoms with van der Waals surface area (Å²) in [4.78, 5) is 0. The minimum atomic E-state index is -3.13. The Morgan fingerprint density at radius 3 is 2.33 bits per heavy atom. The van der Waals surface area contributed by atoms with Crippen LogP contribution in [0.2, 0.25) is 0 Å². The number of nitrogens with zero attached hydrogens (tertiary/aromatic N) is 1. The van der Waals surface area contributed by atoms with Gasteiger partial charge in [-0.15, -0.1) is 12.4 Å². The first-order chi connectivity index (χ1) is 8.14. The van der Waals surface area contributed by atoms with Crippen LogP contribution < -0.4 is 5.73 Å². The van der Waals surface area contributed by atoms with Crippen molar-refractivity contribution in [3.05, 3.63) is 35.9 Å². The van der Waals surface area contributed by atoms with E-state index in [0.717, 1.165) is 18.4 Å². The summed E-state index contributed by atoms with van der Waals surface area (Å²) in [5, 5.41) is -0.169. The van der Waals surface area contributed by atoms with E-state index in [4.69, 9.17) is 5.73 Å². The molecule has 1 aliphatic carbocycles. The highest BCUT2D eigenvalue weighted by Gasteiger charge is 2.39. The third-order valence-electron chi connectivity index (χ3n) is 2.89. The lowest BCUT2D eigenvalue weighted by Gasteiger charge is -2.21. The summed E-state index contributed by atoms with van der Waals surface area (Å²) in [6.07, 6.45) is 1.58. The Morgan fingerprint density at radius 2 is 1.83 bits per heavy atom. The summed E-state index contributed by atoms with van der Waals surface area (Å²) in [5.74, 6) is 0. The Balaban J connectivity index is 0.00000162. The molecule has 1 aliphatic rings. The van der Waals surface area contributed by atoms with Gasteiger partial charge in [-0.2, -0.15) is 4.31 Å². The van der Waals surface area contributed by atoms with Gasteiger partial charge < -0.3 is 5.73 Å². The van der Waals surface area contributed by atoms with Gasteiger partial charge in [0.15, 0.2) is 0 Å². The molecular weight excluding hydrogens is 272 g/mol. The molecule has 1 aromatic rings. The fourth-order valence-corrected chi connectivity index (χ4v) is 3.65. The fourth-order valence-electron chi connectivity index (χ4n) is 1.80. The van der Waals surface area contributed by atoms with Crippen LogP contribution in [0, 0.1) is 0 Å². The minimum Gasteiger partial charge on any atom is -0.329 e. The molecule has 0 amide bonds. The monoisotopic (exact) mass is 290 g/mol. The molecule has 18 heavy (non-hydrogen) atoms. The Morgan fingerprint density at radius 1 is 1.22 bits per heavy atom. The molecule has 0 bridgehead atoms. The van der Waals surface area contributed by atoms with Gasteiger partial charge in [-0.25, -0.2) is 8.42 Å². The zero-order chi connectivity index (χ0) is 12.3. The van der Waals surface area contributed by atoms with E-state index in [2.05, 4.69) is 0 Å². The Labute approximate surface area is 115 Å². The second-order valence-electron chi connectivity index (χ2n) is 4.35. The average Bonchev–Trinajstić information content (AvgIpc) is 3.14. The highest BCUT2D eigenvalue weighted by atomic mass is 35.5. The molecule has 1 saturated carbocycles. The number of benzene rings is 1. The molecule has 0 heterocycles. The summed E-state index contributed by atoms with van der Waals surface area (Å²) in [6, 6.07) is 9.63. The van der Waals surface area contributed by atoms with Crippen LogP contribution in [-0.4, -0.2) is 31.1 Å². The molecule has 0 aliphatic heterocycles. The van der Waals surface area contributed by atoms with Gasteiger partial charge in [0.05, 0.1) is 5.25 Å². The Bertz CT molecular complexity index is 460. The summed E-state index contributed by atoms with van der Waals surface area (Å²) in [5.41, 5.74) is 6.50. The normalized spacial score (nSPS) is 15.4. The smallest absolute Gasteiger partial charge is 0.217 e. The zero-order valence-electron chi connectivity index (χ0n) is 10.2. The van der Waals surface area contributed by atoms with Crippen molar-refractivity contribution in [2.75, 3.05) is 13.1 Å². The van der Waals surface area contributed by atoms with E-state index in [1.807, 2.05) is 30.3 Å². The van der Waals surface area contributed by atoms with Crippen molar-refractivity contribution < 1.29 is 8.42 Å². The molecule has 0 aromatic heterocycles. The molecular formula is C12H19ClN2O2S. The van der Waals surface area contributed by atoms with E-state index >= 15 is 0 Å². The largest absolute Gasteiger partial charge is 0.329 e. The molecule has 1 aromatic carbocycles. The van der Waals surface area contributed by atoms with Gasteiger partial charge in [0.1, 0.15) is 0 Å². The lowest BCUT2D eigenvalue weighted by atomic mass is 10.2. The van der Waals surface area contributed by atoms with E-state index < -0.39 is 10.0 Å². The summed E-state index contributed by atoms with van der Waals surface area (Å²) in [6.45, 7) is 1.18. The molecule has 102 valence electrons. The molecule has 2 rings (SSSR count). The van der Waals surface area contributed by atoms with Crippen molar-refractivity contribution in [1.82, 2.24) is 4.31 Å². The Hall–Kier alpha value is -0.620. The third kappa shape index (κ3) is 3.68. The molecule has 1 fully saturated rings. The summed E-state index contributed by atoms with van der Waals surface area (Å²) >= 11 is 0. The first-order valence-electron chi connectivity index (χ1n) is 5.87. The predicted octanol–water partition coefficient (Wildman–Crippen LogP) is 1.36. The standard InChI is InChI=1S/C12H18N2O2S.ClH/c13-8-9-14(17(15,16)12-6-7-12)10-11-4-2-1-3-5-11;/h1-5,12H,6-10,13H2;1H. The van der Waals surface area contributed by atoms with E-state index in [1.54, 1.807) is 0 Å². The number of rotatable bonds is 6. The van der Waals surface area contributed by atoms with Gasteiger partial charge in [0.25, 0.3) is 0 Å². The second-order valence-corrected chi connectivity index (χ2v) is 6.57. The van der Waals surface area contributed by atoms with Crippen molar-refractivity contribution in [3.63, 3.8) is 0 Å². The van der Waals surface area contributed by atoms with Gasteiger partial charge in [-0.05, 0) is 18.4 Å². The van der Waals surface area contributed by atoms with Crippen LogP contribution in [0.15, 0.2) is 30.3 Å². The number of hydrogen-bond acceptors (Lipinski definition) is 3. The van der Waals surface area contributed by atoms with Gasteiger partial charge in [-0.1, -0.05) is 30.3 Å². The topological polar surface area (TPSA) is 63.4 Å². The van der Waals surface area contributed by atoms with Crippen LogP contribution in [0.1, 0.15) is 18.4 Å². The lowest BCUT2D eigenvalue weighted by molar-refractivity contribution is 0.413. The molecule has 0 radical (unpaired) electrons. The van der Waals surface area contributed by atoms with Crippen LogP contribution in [0.4, 0.5) is 0 Å². The van der Waals surface area contributed by atoms with Crippen LogP contribution in [0.5, 0.6) is 0 Å². The van der Waals surface area contributed by atoms with Crippen molar-refractivity contribution in [2.45, 2.75) is 24.6 Å². The minimum absolute atomic E-state index is 0. The van der Waals surface area contributed by atoms with Crippen molar-refractivity contribution in [1.29, 1.82) is 0 Å². The number of hydrogen-bond donors (Lipinski definition) is 1. The number of nitrogens with two attached hydrogens (primary N) is 1. The van der Waals surface area contributed by atoms with Crippen LogP contribution in [0.3, 0.4) is 0 Å². The van der Waals surface area contributed by atoms with E-state index in [-0.39, 0.29) is 17.7 Å². The lowest BCUT2D eigenvalue weighted by Crippen LogP contribution is -2.37. The maximum Gasteiger partial charge on any atom is 0.217 e. The maximum atomic E-state index is 12.2. The van der Waals surface area contributed by atoms with Gasteiger partial charge in [0.2, 0.25) is 10.0 Å². The number of halogens is 1. The average molecular weight is 291 g/mol. The van der Waals surface area contributed by atoms with Gasteiger partial charge in [-0.3, -0.25) is 0 Å². The third-order valence-corrected chi connectivity index (χ3v) is 5.23. The van der Waals surface area contributed by atoms with Gasteiger partial charge in [0, 0.05) is 19.6 Å². The molecule has 4 nitrogen and oxygen atoms in total. The second kappa shape index (κ2) is 6.52. The SMILES string of the molecule is Cl.NCCN(Cc1ccccc1)S(=O)(=O)C1CC1. The van der Waals surface area contributed by atoms with E-state index in [1.165, 1.54) is 4.31 Å². The summed E-state index contributed by atoms with van der Waals surface area (Å²) in [7, 11) is -3.13. The first-order valence-corrected chi connectivity index (χ1v) is 7.38. The van der Waals surface area contributed by atoms with Gasteiger partial charge >= 0.3 is 0 Å². The molecule has 0 atom stereocenters. The maximum absolute atomic E-state index is 12.2. The molecule has 6 heteroatoms.